The van der Waals surface area contributed by atoms with Gasteiger partial charge in [-0.15, -0.1) is 0 Å². The van der Waals surface area contributed by atoms with E-state index < -0.39 is 0 Å². The third kappa shape index (κ3) is 4.63. The molecule has 134 valence electrons. The van der Waals surface area contributed by atoms with Crippen LogP contribution in [0.25, 0.3) is 11.3 Å². The minimum Gasteiger partial charge on any atom is -0.439 e. The van der Waals surface area contributed by atoms with Crippen molar-refractivity contribution in [3.63, 3.8) is 0 Å². The van der Waals surface area contributed by atoms with Gasteiger partial charge in [0.15, 0.2) is 5.76 Å². The molecule has 6 nitrogen and oxygen atoms in total. The fourth-order valence-electron chi connectivity index (χ4n) is 2.44. The summed E-state index contributed by atoms with van der Waals surface area (Å²) in [5, 5.41) is 5.57. The van der Waals surface area contributed by atoms with Crippen LogP contribution in [0.5, 0.6) is 0 Å². The van der Waals surface area contributed by atoms with Crippen molar-refractivity contribution >= 4 is 11.7 Å². The number of hydrogen-bond donors (Lipinski definition) is 2. The zero-order valence-corrected chi connectivity index (χ0v) is 14.9. The van der Waals surface area contributed by atoms with Gasteiger partial charge in [-0.1, -0.05) is 42.5 Å². The Kier molecular flexibility index (Phi) is 5.53. The Morgan fingerprint density at radius 3 is 2.38 bits per heavy atom. The highest BCUT2D eigenvalue weighted by atomic mass is 16.4. The Balaban J connectivity index is 1.46. The molecule has 0 bridgehead atoms. The maximum Gasteiger partial charge on any atom is 0.315 e. The molecule has 1 aromatic heterocycles. The molecule has 1 heterocycles. The second kappa shape index (κ2) is 8.20. The summed E-state index contributed by atoms with van der Waals surface area (Å²) in [6.45, 7) is 0.693. The first kappa shape index (κ1) is 17.5. The predicted octanol–water partition coefficient (Wildman–Crippen LogP) is 3.41. The van der Waals surface area contributed by atoms with Gasteiger partial charge in [-0.2, -0.15) is 0 Å². The monoisotopic (exact) mass is 350 g/mol. The smallest absolute Gasteiger partial charge is 0.315 e. The van der Waals surface area contributed by atoms with Gasteiger partial charge in [0.1, 0.15) is 0 Å². The van der Waals surface area contributed by atoms with Gasteiger partial charge in [0.05, 0.1) is 12.7 Å². The molecule has 0 radical (unpaired) electrons. The number of carbonyl (C=O) groups excluding carboxylic acids is 1. The van der Waals surface area contributed by atoms with Crippen molar-refractivity contribution in [3.8, 4) is 11.3 Å². The number of carbonyl (C=O) groups is 1. The van der Waals surface area contributed by atoms with Crippen molar-refractivity contribution in [1.82, 2.24) is 15.6 Å². The van der Waals surface area contributed by atoms with Gasteiger partial charge in [-0.3, -0.25) is 0 Å². The van der Waals surface area contributed by atoms with Crippen LogP contribution in [0.4, 0.5) is 10.5 Å². The zero-order valence-electron chi connectivity index (χ0n) is 14.9. The van der Waals surface area contributed by atoms with Crippen LogP contribution in [0.1, 0.15) is 11.5 Å². The Morgan fingerprint density at radius 2 is 1.69 bits per heavy atom. The highest BCUT2D eigenvalue weighted by molar-refractivity contribution is 5.73. The Morgan fingerprint density at radius 1 is 1.00 bits per heavy atom. The molecule has 26 heavy (non-hydrogen) atoms. The maximum atomic E-state index is 11.9. The van der Waals surface area contributed by atoms with Gasteiger partial charge in [0.25, 0.3) is 0 Å². The number of oxazole rings is 1. The number of rotatable bonds is 6. The summed E-state index contributed by atoms with van der Waals surface area (Å²) in [6.07, 6.45) is 1.66. The highest BCUT2D eigenvalue weighted by Crippen LogP contribution is 2.19. The SMILES string of the molecule is CN(C)c1ccc(CNC(=O)NCc2ncc(-c3ccccc3)o2)cc1. The molecule has 0 aliphatic rings. The Bertz CT molecular complexity index is 842. The Hall–Kier alpha value is -3.28. The van der Waals surface area contributed by atoms with E-state index in [4.69, 9.17) is 4.42 Å². The van der Waals surface area contributed by atoms with Crippen molar-refractivity contribution < 1.29 is 9.21 Å². The fourth-order valence-corrected chi connectivity index (χ4v) is 2.44. The molecule has 3 rings (SSSR count). The molecule has 0 spiro atoms. The quantitative estimate of drug-likeness (QED) is 0.715. The molecule has 0 aliphatic heterocycles. The van der Waals surface area contributed by atoms with Crippen LogP contribution >= 0.6 is 0 Å². The molecule has 6 heteroatoms. The first-order valence-corrected chi connectivity index (χ1v) is 8.40. The molecule has 0 atom stereocenters. The van der Waals surface area contributed by atoms with Crippen molar-refractivity contribution in [3.05, 3.63) is 72.2 Å². The van der Waals surface area contributed by atoms with Gasteiger partial charge in [0.2, 0.25) is 5.89 Å². The minimum absolute atomic E-state index is 0.234. The summed E-state index contributed by atoms with van der Waals surface area (Å²) in [6, 6.07) is 17.5. The normalized spacial score (nSPS) is 10.4. The topological polar surface area (TPSA) is 70.4 Å². The van der Waals surface area contributed by atoms with Crippen LogP contribution < -0.4 is 15.5 Å². The summed E-state index contributed by atoms with van der Waals surface area (Å²) in [5.74, 6) is 1.15. The van der Waals surface area contributed by atoms with Gasteiger partial charge < -0.3 is 20.0 Å². The molecular weight excluding hydrogens is 328 g/mol. The van der Waals surface area contributed by atoms with Gasteiger partial charge in [-0.05, 0) is 17.7 Å². The number of nitrogens with zero attached hydrogens (tertiary/aromatic N) is 2. The van der Waals surface area contributed by atoms with Gasteiger partial charge >= 0.3 is 6.03 Å². The minimum atomic E-state index is -0.263. The molecular formula is C20H22N4O2. The second-order valence-corrected chi connectivity index (χ2v) is 6.08. The molecule has 0 saturated heterocycles. The lowest BCUT2D eigenvalue weighted by atomic mass is 10.2. The standard InChI is InChI=1S/C20H22N4O2/c1-24(2)17-10-8-15(9-11-17)12-22-20(25)23-14-19-21-13-18(26-19)16-6-4-3-5-7-16/h3-11,13H,12,14H2,1-2H3,(H2,22,23,25). The predicted molar refractivity (Wildman–Crippen MR) is 102 cm³/mol. The number of hydrogen-bond acceptors (Lipinski definition) is 4. The highest BCUT2D eigenvalue weighted by Gasteiger charge is 2.07. The number of anilines is 1. The van der Waals surface area contributed by atoms with E-state index in [1.54, 1.807) is 6.20 Å². The van der Waals surface area contributed by atoms with Crippen LogP contribution in [-0.2, 0) is 13.1 Å². The lowest BCUT2D eigenvalue weighted by Crippen LogP contribution is -2.34. The average molecular weight is 350 g/mol. The van der Waals surface area contributed by atoms with E-state index in [1.807, 2.05) is 73.6 Å². The number of nitrogens with one attached hydrogen (secondary N) is 2. The first-order valence-electron chi connectivity index (χ1n) is 8.40. The van der Waals surface area contributed by atoms with E-state index in [0.29, 0.717) is 18.2 Å². The average Bonchev–Trinajstić information content (AvgIpc) is 3.15. The summed E-state index contributed by atoms with van der Waals surface area (Å²) in [5.41, 5.74) is 3.11. The number of benzene rings is 2. The van der Waals surface area contributed by atoms with E-state index >= 15 is 0 Å². The molecule has 2 amide bonds. The van der Waals surface area contributed by atoms with Crippen molar-refractivity contribution in [2.75, 3.05) is 19.0 Å². The van der Waals surface area contributed by atoms with E-state index in [2.05, 4.69) is 15.6 Å². The van der Waals surface area contributed by atoms with Crippen LogP contribution in [0.15, 0.2) is 65.2 Å². The van der Waals surface area contributed by atoms with Crippen molar-refractivity contribution in [2.45, 2.75) is 13.1 Å². The Labute approximate surface area is 152 Å². The summed E-state index contributed by atoms with van der Waals surface area (Å²) < 4.78 is 5.66. The third-order valence-corrected chi connectivity index (χ3v) is 3.92. The third-order valence-electron chi connectivity index (χ3n) is 3.92. The molecule has 2 aromatic carbocycles. The van der Waals surface area contributed by atoms with Gasteiger partial charge in [-0.25, -0.2) is 9.78 Å². The van der Waals surface area contributed by atoms with Crippen molar-refractivity contribution in [1.29, 1.82) is 0 Å². The van der Waals surface area contributed by atoms with E-state index in [-0.39, 0.29) is 12.6 Å². The van der Waals surface area contributed by atoms with E-state index in [1.165, 1.54) is 0 Å². The first-order chi connectivity index (χ1) is 12.6. The summed E-state index contributed by atoms with van der Waals surface area (Å²) in [4.78, 5) is 18.2. The lowest BCUT2D eigenvalue weighted by Gasteiger charge is -2.13. The second-order valence-electron chi connectivity index (χ2n) is 6.08. The lowest BCUT2D eigenvalue weighted by molar-refractivity contribution is 0.239. The molecule has 0 aliphatic carbocycles. The van der Waals surface area contributed by atoms with Crippen LogP contribution in [0, 0.1) is 0 Å². The molecule has 3 aromatic rings. The zero-order chi connectivity index (χ0) is 18.4. The van der Waals surface area contributed by atoms with Gasteiger partial charge in [0, 0.05) is 31.9 Å². The largest absolute Gasteiger partial charge is 0.439 e. The number of urea groups is 1. The number of aromatic nitrogens is 1. The van der Waals surface area contributed by atoms with Crippen LogP contribution in [0.2, 0.25) is 0 Å². The van der Waals surface area contributed by atoms with Crippen LogP contribution in [0.3, 0.4) is 0 Å². The van der Waals surface area contributed by atoms with Crippen LogP contribution in [-0.4, -0.2) is 25.1 Å². The fraction of sp³-hybridized carbons (Fsp3) is 0.200. The molecule has 2 N–H and O–H groups in total. The van der Waals surface area contributed by atoms with E-state index in [9.17, 15) is 4.79 Å². The number of amides is 2. The molecule has 0 saturated carbocycles. The molecule has 0 fully saturated rings. The van der Waals surface area contributed by atoms with E-state index in [0.717, 1.165) is 16.8 Å². The summed E-state index contributed by atoms with van der Waals surface area (Å²) in [7, 11) is 3.99. The maximum absolute atomic E-state index is 11.9. The summed E-state index contributed by atoms with van der Waals surface area (Å²) >= 11 is 0. The van der Waals surface area contributed by atoms with Crippen molar-refractivity contribution in [2.24, 2.45) is 0 Å². The molecule has 0 unspecified atom stereocenters.